The first kappa shape index (κ1) is 17.4. The zero-order valence-corrected chi connectivity index (χ0v) is 15.0. The second kappa shape index (κ2) is 7.64. The zero-order valence-electron chi connectivity index (χ0n) is 15.0. The van der Waals surface area contributed by atoms with Crippen LogP contribution in [0.1, 0.15) is 24.0 Å². The van der Waals surface area contributed by atoms with Gasteiger partial charge in [-0.25, -0.2) is 4.98 Å². The van der Waals surface area contributed by atoms with Gasteiger partial charge < -0.3 is 19.3 Å². The lowest BCUT2D eigenvalue weighted by molar-refractivity contribution is 0.0461. The number of likely N-dealkylation sites (N-methyl/N-ethyl adjacent to an activating group) is 1. The van der Waals surface area contributed by atoms with Crippen LogP contribution in [0.4, 0.5) is 0 Å². The first-order chi connectivity index (χ1) is 11.5. The summed E-state index contributed by atoms with van der Waals surface area (Å²) in [7, 11) is 2.10. The minimum Gasteiger partial charge on any atom is -0.390 e. The molecule has 1 N–H and O–H groups in total. The van der Waals surface area contributed by atoms with Crippen LogP contribution < -0.4 is 0 Å². The quantitative estimate of drug-likeness (QED) is 0.883. The molecule has 2 aromatic rings. The predicted molar refractivity (Wildman–Crippen MR) is 96.3 cm³/mol. The highest BCUT2D eigenvalue weighted by Gasteiger charge is 2.18. The van der Waals surface area contributed by atoms with Crippen molar-refractivity contribution < 1.29 is 9.84 Å². The molecule has 1 unspecified atom stereocenters. The first-order valence-corrected chi connectivity index (χ1v) is 8.89. The lowest BCUT2D eigenvalue weighted by atomic mass is 10.00. The number of hydrogen-bond acceptors (Lipinski definition) is 4. The van der Waals surface area contributed by atoms with Gasteiger partial charge in [-0.3, -0.25) is 0 Å². The van der Waals surface area contributed by atoms with Crippen molar-refractivity contribution in [2.75, 3.05) is 33.4 Å². The van der Waals surface area contributed by atoms with Crippen LogP contribution in [0.3, 0.4) is 0 Å². The molecule has 1 aromatic heterocycles. The molecular weight excluding hydrogens is 302 g/mol. The third kappa shape index (κ3) is 4.15. The average Bonchev–Trinajstić information content (AvgIpc) is 2.90. The van der Waals surface area contributed by atoms with Crippen LogP contribution in [-0.2, 0) is 11.3 Å². The summed E-state index contributed by atoms with van der Waals surface area (Å²) in [5.74, 6) is 0.690. The summed E-state index contributed by atoms with van der Waals surface area (Å²) in [6.07, 6.45) is 3.70. The molecule has 3 rings (SSSR count). The number of hydrogen-bond donors (Lipinski definition) is 1. The van der Waals surface area contributed by atoms with Crippen molar-refractivity contribution in [1.82, 2.24) is 14.5 Å². The number of aliphatic hydroxyl groups is 1. The van der Waals surface area contributed by atoms with Crippen LogP contribution in [0.25, 0.3) is 11.0 Å². The Morgan fingerprint density at radius 1 is 1.29 bits per heavy atom. The van der Waals surface area contributed by atoms with Gasteiger partial charge in [0.2, 0.25) is 0 Å². The third-order valence-electron chi connectivity index (χ3n) is 5.08. The Bertz CT molecular complexity index is 677. The fourth-order valence-corrected chi connectivity index (χ4v) is 3.55. The number of imidazole rings is 1. The van der Waals surface area contributed by atoms with Crippen molar-refractivity contribution in [1.29, 1.82) is 0 Å². The van der Waals surface area contributed by atoms with Crippen molar-refractivity contribution in [3.8, 4) is 0 Å². The molecule has 1 saturated heterocycles. The molecule has 0 aliphatic carbocycles. The highest BCUT2D eigenvalue weighted by atomic mass is 16.5. The number of benzene rings is 1. The summed E-state index contributed by atoms with van der Waals surface area (Å²) in [6.45, 7) is 8.27. The molecule has 2 heterocycles. The van der Waals surface area contributed by atoms with Crippen LogP contribution in [0.15, 0.2) is 18.5 Å². The first-order valence-electron chi connectivity index (χ1n) is 8.89. The van der Waals surface area contributed by atoms with Crippen molar-refractivity contribution in [3.63, 3.8) is 0 Å². The number of fused-ring (bicyclic) bond motifs is 1. The highest BCUT2D eigenvalue weighted by molar-refractivity contribution is 5.77. The maximum Gasteiger partial charge on any atom is 0.0959 e. The van der Waals surface area contributed by atoms with Gasteiger partial charge in [-0.2, -0.15) is 0 Å². The smallest absolute Gasteiger partial charge is 0.0959 e. The normalized spacial score (nSPS) is 17.7. The van der Waals surface area contributed by atoms with E-state index in [0.29, 0.717) is 19.0 Å². The molecule has 0 saturated carbocycles. The Kier molecular flexibility index (Phi) is 5.54. The maximum atomic E-state index is 10.5. The molecule has 5 nitrogen and oxygen atoms in total. The van der Waals surface area contributed by atoms with Crippen LogP contribution in [0, 0.1) is 19.8 Å². The number of aryl methyl sites for hydroxylation is 2. The number of aromatic nitrogens is 2. The highest BCUT2D eigenvalue weighted by Crippen LogP contribution is 2.19. The summed E-state index contributed by atoms with van der Waals surface area (Å²) in [4.78, 5) is 6.72. The molecule has 0 radical (unpaired) electrons. The van der Waals surface area contributed by atoms with E-state index in [1.165, 1.54) is 11.1 Å². The number of ether oxygens (including phenoxy) is 1. The molecular formula is C19H29N3O2. The second-order valence-electron chi connectivity index (χ2n) is 7.25. The van der Waals surface area contributed by atoms with E-state index in [-0.39, 0.29) is 0 Å². The Morgan fingerprint density at radius 3 is 2.75 bits per heavy atom. The Labute approximate surface area is 144 Å². The van der Waals surface area contributed by atoms with E-state index in [1.54, 1.807) is 0 Å². The van der Waals surface area contributed by atoms with E-state index in [2.05, 4.69) is 47.5 Å². The van der Waals surface area contributed by atoms with Crippen molar-refractivity contribution >= 4 is 11.0 Å². The van der Waals surface area contributed by atoms with E-state index in [4.69, 9.17) is 4.74 Å². The summed E-state index contributed by atoms with van der Waals surface area (Å²) in [5, 5.41) is 10.5. The van der Waals surface area contributed by atoms with Gasteiger partial charge in [0.25, 0.3) is 0 Å². The van der Waals surface area contributed by atoms with Crippen LogP contribution >= 0.6 is 0 Å². The zero-order chi connectivity index (χ0) is 17.1. The van der Waals surface area contributed by atoms with E-state index >= 15 is 0 Å². The van der Waals surface area contributed by atoms with Gasteiger partial charge in [0, 0.05) is 26.3 Å². The van der Waals surface area contributed by atoms with Crippen LogP contribution in [-0.4, -0.2) is 59.0 Å². The molecule has 1 aromatic carbocycles. The maximum absolute atomic E-state index is 10.5. The summed E-state index contributed by atoms with van der Waals surface area (Å²) in [6, 6.07) is 4.28. The van der Waals surface area contributed by atoms with Gasteiger partial charge in [-0.15, -0.1) is 0 Å². The van der Waals surface area contributed by atoms with Crippen molar-refractivity contribution in [2.45, 2.75) is 39.3 Å². The van der Waals surface area contributed by atoms with Crippen molar-refractivity contribution in [3.05, 3.63) is 29.6 Å². The minimum atomic E-state index is -0.395. The summed E-state index contributed by atoms with van der Waals surface area (Å²) < 4.78 is 7.48. The lowest BCUT2D eigenvalue weighted by Crippen LogP contribution is -2.36. The predicted octanol–water partition coefficient (Wildman–Crippen LogP) is 2.37. The standard InChI is InChI=1S/C19H29N3O2/c1-14-8-18-19(9-15(14)2)22(13-20-18)12-17(23)11-21(3)10-16-4-6-24-7-5-16/h8-9,13,16-17,23H,4-7,10-12H2,1-3H3. The SMILES string of the molecule is Cc1cc2ncn(CC(O)CN(C)CC3CCOCC3)c2cc1C. The Balaban J connectivity index is 1.58. The minimum absolute atomic E-state index is 0.395. The molecule has 24 heavy (non-hydrogen) atoms. The molecule has 1 fully saturated rings. The summed E-state index contributed by atoms with van der Waals surface area (Å²) >= 11 is 0. The Hall–Kier alpha value is -1.43. The van der Waals surface area contributed by atoms with Gasteiger partial charge in [0.15, 0.2) is 0 Å². The largest absolute Gasteiger partial charge is 0.390 e. The van der Waals surface area contributed by atoms with Crippen molar-refractivity contribution in [2.24, 2.45) is 5.92 Å². The van der Waals surface area contributed by atoms with Gasteiger partial charge in [0.05, 0.1) is 30.0 Å². The molecule has 1 aliphatic rings. The lowest BCUT2D eigenvalue weighted by Gasteiger charge is -2.28. The molecule has 0 spiro atoms. The van der Waals surface area contributed by atoms with Gasteiger partial charge in [0.1, 0.15) is 0 Å². The topological polar surface area (TPSA) is 50.5 Å². The third-order valence-corrected chi connectivity index (χ3v) is 5.08. The number of rotatable bonds is 6. The molecule has 0 bridgehead atoms. The van der Waals surface area contributed by atoms with E-state index in [0.717, 1.165) is 43.6 Å². The summed E-state index contributed by atoms with van der Waals surface area (Å²) in [5.41, 5.74) is 4.62. The molecule has 132 valence electrons. The van der Waals surface area contributed by atoms with Crippen LogP contribution in [0.2, 0.25) is 0 Å². The van der Waals surface area contributed by atoms with Crippen LogP contribution in [0.5, 0.6) is 0 Å². The molecule has 1 aliphatic heterocycles. The van der Waals surface area contributed by atoms with Gasteiger partial charge in [-0.1, -0.05) is 0 Å². The van der Waals surface area contributed by atoms with E-state index < -0.39 is 6.10 Å². The van der Waals surface area contributed by atoms with E-state index in [9.17, 15) is 5.11 Å². The van der Waals surface area contributed by atoms with Gasteiger partial charge in [-0.05, 0) is 62.9 Å². The number of nitrogens with zero attached hydrogens (tertiary/aromatic N) is 3. The molecule has 1 atom stereocenters. The van der Waals surface area contributed by atoms with E-state index in [1.807, 2.05) is 6.33 Å². The fraction of sp³-hybridized carbons (Fsp3) is 0.632. The fourth-order valence-electron chi connectivity index (χ4n) is 3.55. The molecule has 5 heteroatoms. The van der Waals surface area contributed by atoms with Gasteiger partial charge >= 0.3 is 0 Å². The average molecular weight is 331 g/mol. The monoisotopic (exact) mass is 331 g/mol. The molecule has 0 amide bonds. The number of aliphatic hydroxyl groups excluding tert-OH is 1. The Morgan fingerprint density at radius 2 is 2.00 bits per heavy atom. The second-order valence-corrected chi connectivity index (χ2v) is 7.25.